The molecule has 1 amide bonds. The molecule has 1 aromatic carbocycles. The quantitative estimate of drug-likeness (QED) is 0.715. The zero-order valence-electron chi connectivity index (χ0n) is 17.0. The molecule has 29 heavy (non-hydrogen) atoms. The number of carbonyl (C=O) groups is 1. The Hall–Kier alpha value is -2.70. The molecule has 2 aromatic rings. The van der Waals surface area contributed by atoms with E-state index in [0.717, 1.165) is 24.6 Å². The van der Waals surface area contributed by atoms with Gasteiger partial charge in [0.15, 0.2) is 0 Å². The smallest absolute Gasteiger partial charge is 0.410 e. The summed E-state index contributed by atoms with van der Waals surface area (Å²) >= 11 is 0. The van der Waals surface area contributed by atoms with Crippen LogP contribution < -0.4 is 4.74 Å². The zero-order chi connectivity index (χ0) is 21.0. The van der Waals surface area contributed by atoms with E-state index in [4.69, 9.17) is 9.47 Å². The Kier molecular flexibility index (Phi) is 6.35. The Labute approximate surface area is 169 Å². The van der Waals surface area contributed by atoms with Crippen molar-refractivity contribution in [3.8, 4) is 5.88 Å². The lowest BCUT2D eigenvalue weighted by atomic mass is 9.93. The van der Waals surface area contributed by atoms with E-state index in [-0.39, 0.29) is 24.2 Å². The minimum absolute atomic E-state index is 0.0281. The number of halogens is 2. The van der Waals surface area contributed by atoms with Crippen molar-refractivity contribution in [3.05, 3.63) is 59.3 Å². The molecule has 2 heterocycles. The van der Waals surface area contributed by atoms with E-state index in [9.17, 15) is 13.6 Å². The van der Waals surface area contributed by atoms with Crippen LogP contribution in [0.1, 0.15) is 50.8 Å². The van der Waals surface area contributed by atoms with Crippen LogP contribution in [0.25, 0.3) is 0 Å². The highest BCUT2D eigenvalue weighted by atomic mass is 19.1. The summed E-state index contributed by atoms with van der Waals surface area (Å²) in [7, 11) is 0. The third-order valence-electron chi connectivity index (χ3n) is 4.70. The maximum atomic E-state index is 13.7. The summed E-state index contributed by atoms with van der Waals surface area (Å²) in [6, 6.07) is 8.88. The van der Waals surface area contributed by atoms with Crippen molar-refractivity contribution in [2.45, 2.75) is 51.7 Å². The van der Waals surface area contributed by atoms with Gasteiger partial charge in [0.25, 0.3) is 0 Å². The Morgan fingerprint density at radius 1 is 1.17 bits per heavy atom. The van der Waals surface area contributed by atoms with Crippen LogP contribution >= 0.6 is 0 Å². The molecule has 3 rings (SSSR count). The minimum atomic E-state index is -0.643. The maximum absolute atomic E-state index is 13.7. The van der Waals surface area contributed by atoms with Crippen molar-refractivity contribution in [2.24, 2.45) is 0 Å². The van der Waals surface area contributed by atoms with E-state index in [1.54, 1.807) is 11.0 Å². The predicted octanol–water partition coefficient (Wildman–Crippen LogP) is 5.05. The predicted molar refractivity (Wildman–Crippen MR) is 105 cm³/mol. The molecule has 1 saturated heterocycles. The van der Waals surface area contributed by atoms with E-state index >= 15 is 0 Å². The van der Waals surface area contributed by atoms with Crippen LogP contribution in [-0.4, -0.2) is 34.7 Å². The fraction of sp³-hybridized carbons (Fsp3) is 0.455. The number of hydrogen-bond donors (Lipinski definition) is 0. The highest BCUT2D eigenvalue weighted by Gasteiger charge is 2.28. The number of ether oxygens (including phenoxy) is 2. The molecule has 156 valence electrons. The first kappa shape index (κ1) is 21.0. The standard InChI is InChI=1S/C22H26F2N2O3/c1-22(2,3)29-21(27)26-11-9-15(10-12-26)19-5-4-6-20(25-19)28-14-16-7-8-17(23)13-18(16)24/h4-8,13,15H,9-12,14H2,1-3H3. The average Bonchev–Trinajstić information content (AvgIpc) is 2.66. The molecule has 1 aliphatic rings. The van der Waals surface area contributed by atoms with Gasteiger partial charge in [-0.05, 0) is 51.8 Å². The number of rotatable bonds is 4. The molecular weight excluding hydrogens is 378 g/mol. The van der Waals surface area contributed by atoms with Crippen LogP contribution in [0.5, 0.6) is 5.88 Å². The van der Waals surface area contributed by atoms with Crippen molar-refractivity contribution >= 4 is 6.09 Å². The molecular formula is C22H26F2N2O3. The molecule has 1 aliphatic heterocycles. The van der Waals surface area contributed by atoms with E-state index in [2.05, 4.69) is 4.98 Å². The van der Waals surface area contributed by atoms with Crippen LogP contribution in [0.15, 0.2) is 36.4 Å². The molecule has 0 atom stereocenters. The second-order valence-corrected chi connectivity index (χ2v) is 8.17. The van der Waals surface area contributed by atoms with Gasteiger partial charge in [-0.25, -0.2) is 18.6 Å². The van der Waals surface area contributed by atoms with Gasteiger partial charge in [-0.2, -0.15) is 0 Å². The highest BCUT2D eigenvalue weighted by Crippen LogP contribution is 2.28. The third kappa shape index (κ3) is 5.89. The first-order chi connectivity index (χ1) is 13.7. The van der Waals surface area contributed by atoms with Gasteiger partial charge in [-0.3, -0.25) is 0 Å². The van der Waals surface area contributed by atoms with Gasteiger partial charge in [0, 0.05) is 42.4 Å². The number of amides is 1. The molecule has 0 N–H and O–H groups in total. The van der Waals surface area contributed by atoms with Gasteiger partial charge in [-0.15, -0.1) is 0 Å². The molecule has 0 radical (unpaired) electrons. The van der Waals surface area contributed by atoms with E-state index < -0.39 is 17.2 Å². The van der Waals surface area contributed by atoms with Gasteiger partial charge in [0.1, 0.15) is 23.8 Å². The summed E-state index contributed by atoms with van der Waals surface area (Å²) < 4.78 is 37.8. The van der Waals surface area contributed by atoms with Crippen LogP contribution in [0.4, 0.5) is 13.6 Å². The van der Waals surface area contributed by atoms with Crippen LogP contribution in [-0.2, 0) is 11.3 Å². The first-order valence-electron chi connectivity index (χ1n) is 9.73. The number of carbonyl (C=O) groups excluding carboxylic acids is 1. The number of hydrogen-bond acceptors (Lipinski definition) is 4. The lowest BCUT2D eigenvalue weighted by Crippen LogP contribution is -2.41. The fourth-order valence-electron chi connectivity index (χ4n) is 3.21. The van der Waals surface area contributed by atoms with Crippen LogP contribution in [0.2, 0.25) is 0 Å². The van der Waals surface area contributed by atoms with Gasteiger partial charge < -0.3 is 14.4 Å². The molecule has 5 nitrogen and oxygen atoms in total. The normalized spacial score (nSPS) is 15.3. The molecule has 0 unspecified atom stereocenters. The van der Waals surface area contributed by atoms with Gasteiger partial charge in [0.05, 0.1) is 0 Å². The molecule has 1 fully saturated rings. The van der Waals surface area contributed by atoms with Gasteiger partial charge in [0.2, 0.25) is 5.88 Å². The van der Waals surface area contributed by atoms with Gasteiger partial charge >= 0.3 is 6.09 Å². The Morgan fingerprint density at radius 2 is 1.90 bits per heavy atom. The lowest BCUT2D eigenvalue weighted by Gasteiger charge is -2.33. The number of piperidine rings is 1. The number of pyridine rings is 1. The minimum Gasteiger partial charge on any atom is -0.473 e. The summed E-state index contributed by atoms with van der Waals surface area (Å²) in [5, 5.41) is 0. The Bertz CT molecular complexity index is 859. The van der Waals surface area contributed by atoms with Crippen LogP contribution in [0, 0.1) is 11.6 Å². The lowest BCUT2D eigenvalue weighted by molar-refractivity contribution is 0.0204. The van der Waals surface area contributed by atoms with Crippen molar-refractivity contribution in [3.63, 3.8) is 0 Å². The third-order valence-corrected chi connectivity index (χ3v) is 4.70. The molecule has 0 aliphatic carbocycles. The fourth-order valence-corrected chi connectivity index (χ4v) is 3.21. The molecule has 0 saturated carbocycles. The van der Waals surface area contributed by atoms with E-state index in [1.807, 2.05) is 32.9 Å². The zero-order valence-corrected chi connectivity index (χ0v) is 17.0. The SMILES string of the molecule is CC(C)(C)OC(=O)N1CCC(c2cccc(OCc3ccc(F)cc3F)n2)CC1. The maximum Gasteiger partial charge on any atom is 0.410 e. The molecule has 7 heteroatoms. The summed E-state index contributed by atoms with van der Waals surface area (Å²) in [4.78, 5) is 18.4. The highest BCUT2D eigenvalue weighted by molar-refractivity contribution is 5.68. The second kappa shape index (κ2) is 8.76. The van der Waals surface area contributed by atoms with Crippen molar-refractivity contribution in [1.82, 2.24) is 9.88 Å². The summed E-state index contributed by atoms with van der Waals surface area (Å²) in [6.45, 7) is 6.74. The molecule has 0 bridgehead atoms. The van der Waals surface area contributed by atoms with Crippen molar-refractivity contribution < 1.29 is 23.0 Å². The number of aromatic nitrogens is 1. The second-order valence-electron chi connectivity index (χ2n) is 8.17. The topological polar surface area (TPSA) is 51.7 Å². The number of nitrogens with zero attached hydrogens (tertiary/aromatic N) is 2. The Morgan fingerprint density at radius 3 is 2.55 bits per heavy atom. The molecule has 1 aromatic heterocycles. The summed E-state index contributed by atoms with van der Waals surface area (Å²) in [5.74, 6) is -0.666. The van der Waals surface area contributed by atoms with Crippen LogP contribution in [0.3, 0.4) is 0 Å². The van der Waals surface area contributed by atoms with E-state index in [0.29, 0.717) is 19.0 Å². The van der Waals surface area contributed by atoms with Crippen molar-refractivity contribution in [2.75, 3.05) is 13.1 Å². The van der Waals surface area contributed by atoms with E-state index in [1.165, 1.54) is 12.1 Å². The average molecular weight is 404 g/mol. The number of benzene rings is 1. The summed E-state index contributed by atoms with van der Waals surface area (Å²) in [5.41, 5.74) is 0.640. The van der Waals surface area contributed by atoms with Crippen molar-refractivity contribution in [1.29, 1.82) is 0 Å². The first-order valence-corrected chi connectivity index (χ1v) is 9.73. The summed E-state index contributed by atoms with van der Waals surface area (Å²) in [6.07, 6.45) is 1.27. The Balaban J connectivity index is 1.57. The van der Waals surface area contributed by atoms with Gasteiger partial charge in [-0.1, -0.05) is 6.07 Å². The molecule has 0 spiro atoms. The number of likely N-dealkylation sites (tertiary alicyclic amines) is 1. The largest absolute Gasteiger partial charge is 0.473 e. The monoisotopic (exact) mass is 404 g/mol.